The molecule has 4 aromatic rings. The van der Waals surface area contributed by atoms with E-state index in [0.717, 1.165) is 28.6 Å². The monoisotopic (exact) mass is 502 g/mol. The summed E-state index contributed by atoms with van der Waals surface area (Å²) in [6.45, 7) is 8.61. The number of aromatic nitrogens is 2. The van der Waals surface area contributed by atoms with Gasteiger partial charge >= 0.3 is 0 Å². The van der Waals surface area contributed by atoms with Gasteiger partial charge in [-0.15, -0.1) is 0 Å². The van der Waals surface area contributed by atoms with E-state index in [0.29, 0.717) is 22.9 Å². The molecule has 0 saturated heterocycles. The Bertz CT molecular complexity index is 1390. The number of fused-ring (bicyclic) bond motifs is 1. The first kappa shape index (κ1) is 25.5. The van der Waals surface area contributed by atoms with Crippen molar-refractivity contribution < 1.29 is 9.59 Å². The number of hydrogen-bond donors (Lipinski definition) is 1. The number of carbonyl (C=O) groups excluding carboxylic acids is 2. The van der Waals surface area contributed by atoms with Crippen molar-refractivity contribution in [2.45, 2.75) is 39.5 Å². The van der Waals surface area contributed by atoms with Crippen LogP contribution in [0.4, 0.5) is 5.82 Å². The van der Waals surface area contributed by atoms with Crippen molar-refractivity contribution in [2.75, 3.05) is 18.4 Å². The van der Waals surface area contributed by atoms with E-state index in [1.807, 2.05) is 67.6 Å². The summed E-state index contributed by atoms with van der Waals surface area (Å²) in [5.74, 6) is 0.0920. The highest BCUT2D eigenvalue weighted by molar-refractivity contribution is 6.30. The Kier molecular flexibility index (Phi) is 7.45. The lowest BCUT2D eigenvalue weighted by Crippen LogP contribution is -2.38. The summed E-state index contributed by atoms with van der Waals surface area (Å²) in [5, 5.41) is 10.4. The summed E-state index contributed by atoms with van der Waals surface area (Å²) in [6, 6.07) is 22.7. The highest BCUT2D eigenvalue weighted by atomic mass is 35.5. The zero-order valence-electron chi connectivity index (χ0n) is 21.1. The number of halogens is 1. The number of anilines is 1. The lowest BCUT2D eigenvalue weighted by Gasteiger charge is -2.22. The van der Waals surface area contributed by atoms with Crippen LogP contribution in [0.25, 0.3) is 16.5 Å². The molecule has 36 heavy (non-hydrogen) atoms. The molecular weight excluding hydrogens is 472 g/mol. The van der Waals surface area contributed by atoms with Gasteiger partial charge in [-0.3, -0.25) is 9.59 Å². The molecule has 4 rings (SSSR count). The molecule has 0 fully saturated rings. The minimum absolute atomic E-state index is 0.0594. The molecule has 186 valence electrons. The molecule has 1 heterocycles. The van der Waals surface area contributed by atoms with Gasteiger partial charge < -0.3 is 10.2 Å². The normalized spacial score (nSPS) is 11.5. The van der Waals surface area contributed by atoms with Gasteiger partial charge in [-0.2, -0.15) is 5.10 Å². The zero-order chi connectivity index (χ0) is 25.9. The summed E-state index contributed by atoms with van der Waals surface area (Å²) >= 11 is 6.06. The molecular formula is C29H31ClN4O2. The van der Waals surface area contributed by atoms with Gasteiger partial charge in [0, 0.05) is 28.6 Å². The van der Waals surface area contributed by atoms with Crippen molar-refractivity contribution in [3.63, 3.8) is 0 Å². The van der Waals surface area contributed by atoms with Gasteiger partial charge in [0.15, 0.2) is 0 Å². The van der Waals surface area contributed by atoms with Crippen LogP contribution < -0.4 is 5.32 Å². The first-order valence-electron chi connectivity index (χ1n) is 12.1. The quantitative estimate of drug-likeness (QED) is 0.315. The van der Waals surface area contributed by atoms with Gasteiger partial charge in [-0.25, -0.2) is 4.68 Å². The van der Waals surface area contributed by atoms with Crippen molar-refractivity contribution in [3.05, 3.63) is 89.1 Å². The number of nitrogens with zero attached hydrogens (tertiary/aromatic N) is 3. The van der Waals surface area contributed by atoms with E-state index in [-0.39, 0.29) is 23.8 Å². The molecule has 0 aliphatic rings. The average molecular weight is 503 g/mol. The van der Waals surface area contributed by atoms with Crippen LogP contribution in [0.3, 0.4) is 0 Å². The minimum Gasteiger partial charge on any atom is -0.329 e. The Labute approximate surface area is 216 Å². The molecule has 0 unspecified atom stereocenters. The van der Waals surface area contributed by atoms with Crippen LogP contribution in [-0.2, 0) is 10.2 Å². The fourth-order valence-electron chi connectivity index (χ4n) is 4.00. The highest BCUT2D eigenvalue weighted by Crippen LogP contribution is 2.27. The molecule has 6 nitrogen and oxygen atoms in total. The average Bonchev–Trinajstić information content (AvgIpc) is 3.27. The fraction of sp³-hybridized carbons (Fsp3) is 0.276. The molecule has 0 aliphatic heterocycles. The smallest absolute Gasteiger partial charge is 0.254 e. The second-order valence-electron chi connectivity index (χ2n) is 9.89. The number of benzene rings is 3. The lowest BCUT2D eigenvalue weighted by molar-refractivity contribution is -0.116. The minimum atomic E-state index is -0.284. The molecule has 0 radical (unpaired) electrons. The number of nitrogens with one attached hydrogen (secondary N) is 1. The second kappa shape index (κ2) is 10.5. The summed E-state index contributed by atoms with van der Waals surface area (Å²) in [7, 11) is 0. The first-order valence-corrected chi connectivity index (χ1v) is 12.5. The standard InChI is InChI=1S/C29H31ClN4O2/c1-5-16-33(28(36)22-11-10-20-8-6-7-9-21(20)17-22)19-27(35)31-26-18-25(29(2,3)4)32-34(26)24-14-12-23(30)13-15-24/h6-15,17-18H,5,16,19H2,1-4H3,(H,31,35). The van der Waals surface area contributed by atoms with Gasteiger partial charge in [-0.1, -0.05) is 69.6 Å². The van der Waals surface area contributed by atoms with Crippen LogP contribution in [0.15, 0.2) is 72.8 Å². The van der Waals surface area contributed by atoms with Gasteiger partial charge in [0.2, 0.25) is 5.91 Å². The maximum atomic E-state index is 13.3. The third-order valence-electron chi connectivity index (χ3n) is 5.93. The van der Waals surface area contributed by atoms with Crippen LogP contribution in [0.1, 0.15) is 50.2 Å². The molecule has 7 heteroatoms. The van der Waals surface area contributed by atoms with Crippen LogP contribution in [0.5, 0.6) is 0 Å². The topological polar surface area (TPSA) is 67.2 Å². The molecule has 0 bridgehead atoms. The zero-order valence-corrected chi connectivity index (χ0v) is 21.8. The molecule has 0 saturated carbocycles. The van der Waals surface area contributed by atoms with Crippen molar-refractivity contribution in [2.24, 2.45) is 0 Å². The third kappa shape index (κ3) is 5.77. The molecule has 1 aromatic heterocycles. The van der Waals surface area contributed by atoms with Crippen LogP contribution in [-0.4, -0.2) is 39.6 Å². The maximum Gasteiger partial charge on any atom is 0.254 e. The van der Waals surface area contributed by atoms with Crippen molar-refractivity contribution in [1.82, 2.24) is 14.7 Å². The largest absolute Gasteiger partial charge is 0.329 e. The predicted octanol–water partition coefficient (Wildman–Crippen LogP) is 6.47. The molecule has 3 aromatic carbocycles. The summed E-state index contributed by atoms with van der Waals surface area (Å²) in [5.41, 5.74) is 1.97. The van der Waals surface area contributed by atoms with E-state index >= 15 is 0 Å². The van der Waals surface area contributed by atoms with E-state index in [1.54, 1.807) is 21.7 Å². The van der Waals surface area contributed by atoms with Gasteiger partial charge in [-0.05, 0) is 53.6 Å². The number of amides is 2. The van der Waals surface area contributed by atoms with Crippen LogP contribution in [0, 0.1) is 0 Å². The third-order valence-corrected chi connectivity index (χ3v) is 6.18. The maximum absolute atomic E-state index is 13.3. The van der Waals surface area contributed by atoms with Crippen LogP contribution in [0.2, 0.25) is 5.02 Å². The first-order chi connectivity index (χ1) is 17.2. The number of rotatable bonds is 7. The van der Waals surface area contributed by atoms with E-state index in [2.05, 4.69) is 26.1 Å². The Morgan fingerprint density at radius 2 is 1.67 bits per heavy atom. The highest BCUT2D eigenvalue weighted by Gasteiger charge is 2.23. The summed E-state index contributed by atoms with van der Waals surface area (Å²) in [6.07, 6.45) is 0.740. The molecule has 2 amide bonds. The predicted molar refractivity (Wildman–Crippen MR) is 146 cm³/mol. The fourth-order valence-corrected chi connectivity index (χ4v) is 4.12. The SMILES string of the molecule is CCCN(CC(=O)Nc1cc(C(C)(C)C)nn1-c1ccc(Cl)cc1)C(=O)c1ccc2ccccc2c1. The van der Waals surface area contributed by atoms with E-state index in [4.69, 9.17) is 16.7 Å². The number of carbonyl (C=O) groups is 2. The Hall–Kier alpha value is -3.64. The molecule has 1 N–H and O–H groups in total. The molecule has 0 atom stereocenters. The van der Waals surface area contributed by atoms with E-state index < -0.39 is 0 Å². The lowest BCUT2D eigenvalue weighted by atomic mass is 9.92. The summed E-state index contributed by atoms with van der Waals surface area (Å²) < 4.78 is 1.70. The Morgan fingerprint density at radius 3 is 2.33 bits per heavy atom. The van der Waals surface area contributed by atoms with Gasteiger partial charge in [0.05, 0.1) is 11.4 Å². The molecule has 0 spiro atoms. The van der Waals surface area contributed by atoms with Gasteiger partial charge in [0.1, 0.15) is 12.4 Å². The second-order valence-corrected chi connectivity index (χ2v) is 10.3. The van der Waals surface area contributed by atoms with E-state index in [1.165, 1.54) is 0 Å². The van der Waals surface area contributed by atoms with Crippen molar-refractivity contribution >= 4 is 40.0 Å². The molecule has 0 aliphatic carbocycles. The van der Waals surface area contributed by atoms with Crippen molar-refractivity contribution in [3.8, 4) is 5.69 Å². The summed E-state index contributed by atoms with van der Waals surface area (Å²) in [4.78, 5) is 28.1. The van der Waals surface area contributed by atoms with E-state index in [9.17, 15) is 9.59 Å². The Morgan fingerprint density at radius 1 is 0.972 bits per heavy atom. The number of hydrogen-bond acceptors (Lipinski definition) is 3. The Balaban J connectivity index is 1.57. The van der Waals surface area contributed by atoms with Gasteiger partial charge in [0.25, 0.3) is 5.91 Å². The van der Waals surface area contributed by atoms with Crippen LogP contribution >= 0.6 is 11.6 Å². The van der Waals surface area contributed by atoms with Crippen molar-refractivity contribution in [1.29, 1.82) is 0 Å².